The fourth-order valence-corrected chi connectivity index (χ4v) is 3.36. The van der Waals surface area contributed by atoms with E-state index >= 15 is 0 Å². The molecule has 0 atom stereocenters. The minimum absolute atomic E-state index is 0.122. The molecule has 2 aromatic heterocycles. The zero-order valence-corrected chi connectivity index (χ0v) is 17.3. The number of pyridine rings is 1. The van der Waals surface area contributed by atoms with Gasteiger partial charge in [0, 0.05) is 18.8 Å². The summed E-state index contributed by atoms with van der Waals surface area (Å²) >= 11 is 6.84. The lowest BCUT2D eigenvalue weighted by Crippen LogP contribution is -2.16. The zero-order valence-electron chi connectivity index (χ0n) is 15.8. The van der Waals surface area contributed by atoms with Gasteiger partial charge in [-0.15, -0.1) is 10.2 Å². The van der Waals surface area contributed by atoms with Gasteiger partial charge in [-0.3, -0.25) is 14.2 Å². The number of nitrogens with zero attached hydrogens (tertiary/aromatic N) is 4. The van der Waals surface area contributed by atoms with E-state index < -0.39 is 17.6 Å². The summed E-state index contributed by atoms with van der Waals surface area (Å²) in [4.78, 5) is 27.0. The molecule has 31 heavy (non-hydrogen) atoms. The fraction of sp³-hybridized carbons (Fsp3) is 0.167. The van der Waals surface area contributed by atoms with Gasteiger partial charge in [0.15, 0.2) is 11.0 Å². The molecule has 3 rings (SSSR count). The number of aromatic nitrogens is 4. The molecule has 0 saturated carbocycles. The van der Waals surface area contributed by atoms with Gasteiger partial charge < -0.3 is 10.6 Å². The van der Waals surface area contributed by atoms with Gasteiger partial charge in [-0.05, 0) is 24.3 Å². The third kappa shape index (κ3) is 5.95. The van der Waals surface area contributed by atoms with Crippen molar-refractivity contribution < 1.29 is 22.8 Å². The molecule has 8 nitrogen and oxygen atoms in total. The largest absolute Gasteiger partial charge is 0.417 e. The van der Waals surface area contributed by atoms with Gasteiger partial charge >= 0.3 is 6.18 Å². The van der Waals surface area contributed by atoms with Gasteiger partial charge in [-0.25, -0.2) is 4.98 Å². The van der Waals surface area contributed by atoms with E-state index in [1.807, 2.05) is 0 Å². The minimum atomic E-state index is -4.59. The van der Waals surface area contributed by atoms with Crippen LogP contribution in [0.1, 0.15) is 12.5 Å². The van der Waals surface area contributed by atoms with Crippen molar-refractivity contribution in [1.82, 2.24) is 19.7 Å². The highest BCUT2D eigenvalue weighted by Gasteiger charge is 2.31. The highest BCUT2D eigenvalue weighted by Crippen LogP contribution is 2.32. The maximum Gasteiger partial charge on any atom is 0.417 e. The number of halogens is 4. The number of thioether (sulfide) groups is 1. The Morgan fingerprint density at radius 3 is 2.68 bits per heavy atom. The van der Waals surface area contributed by atoms with Crippen LogP contribution in [0.4, 0.5) is 24.7 Å². The van der Waals surface area contributed by atoms with Crippen LogP contribution in [0.5, 0.6) is 0 Å². The second-order valence-electron chi connectivity index (χ2n) is 6.10. The predicted molar refractivity (Wildman–Crippen MR) is 109 cm³/mol. The molecule has 2 heterocycles. The topological polar surface area (TPSA) is 102 Å². The normalized spacial score (nSPS) is 11.3. The van der Waals surface area contributed by atoms with Crippen molar-refractivity contribution in [1.29, 1.82) is 0 Å². The second kappa shape index (κ2) is 9.35. The number of carbonyl (C=O) groups is 2. The molecular formula is C18H14ClF3N6O2S. The first-order valence-electron chi connectivity index (χ1n) is 8.57. The average Bonchev–Trinajstić information content (AvgIpc) is 3.15. The Morgan fingerprint density at radius 2 is 2.00 bits per heavy atom. The smallest absolute Gasteiger partial charge is 0.326 e. The molecule has 0 fully saturated rings. The van der Waals surface area contributed by atoms with Crippen molar-refractivity contribution >= 4 is 46.7 Å². The van der Waals surface area contributed by atoms with E-state index in [1.54, 1.807) is 28.8 Å². The van der Waals surface area contributed by atoms with Crippen molar-refractivity contribution in [3.63, 3.8) is 0 Å². The quantitative estimate of drug-likeness (QED) is 0.527. The van der Waals surface area contributed by atoms with Crippen molar-refractivity contribution in [2.24, 2.45) is 0 Å². The molecule has 0 aliphatic carbocycles. The molecule has 0 aliphatic rings. The van der Waals surface area contributed by atoms with E-state index in [4.69, 9.17) is 11.6 Å². The van der Waals surface area contributed by atoms with Crippen LogP contribution in [0.2, 0.25) is 5.02 Å². The van der Waals surface area contributed by atoms with Gasteiger partial charge in [0.05, 0.1) is 22.0 Å². The lowest BCUT2D eigenvalue weighted by atomic mass is 10.2. The summed E-state index contributed by atoms with van der Waals surface area (Å²) in [6.45, 7) is 1.39. The molecule has 0 spiro atoms. The Balaban J connectivity index is 1.66. The number of alkyl halides is 3. The maximum atomic E-state index is 12.7. The van der Waals surface area contributed by atoms with Crippen molar-refractivity contribution in [3.8, 4) is 5.69 Å². The Hall–Kier alpha value is -3.12. The SMILES string of the molecule is CC(=O)Nc1cccc(-n2cnnc2SCC(=O)Nc2ncc(C(F)(F)F)cc2Cl)c1. The van der Waals surface area contributed by atoms with Crippen LogP contribution < -0.4 is 10.6 Å². The van der Waals surface area contributed by atoms with E-state index in [-0.39, 0.29) is 22.5 Å². The number of hydrogen-bond acceptors (Lipinski definition) is 6. The summed E-state index contributed by atoms with van der Waals surface area (Å²) in [6.07, 6.45) is -2.55. The van der Waals surface area contributed by atoms with Crippen LogP contribution in [0.3, 0.4) is 0 Å². The van der Waals surface area contributed by atoms with Gasteiger partial charge in [-0.2, -0.15) is 13.2 Å². The molecule has 0 radical (unpaired) electrons. The van der Waals surface area contributed by atoms with Crippen molar-refractivity contribution in [2.75, 3.05) is 16.4 Å². The molecule has 0 saturated heterocycles. The fourth-order valence-electron chi connectivity index (χ4n) is 2.42. The van der Waals surface area contributed by atoms with Crippen LogP contribution in [0.15, 0.2) is 48.0 Å². The first-order valence-corrected chi connectivity index (χ1v) is 9.93. The first kappa shape index (κ1) is 22.6. The molecule has 3 aromatic rings. The Kier molecular flexibility index (Phi) is 6.81. The molecule has 162 valence electrons. The van der Waals surface area contributed by atoms with Crippen LogP contribution in [-0.4, -0.2) is 37.3 Å². The van der Waals surface area contributed by atoms with Crippen LogP contribution in [0.25, 0.3) is 5.69 Å². The van der Waals surface area contributed by atoms with Crippen molar-refractivity contribution in [2.45, 2.75) is 18.3 Å². The van der Waals surface area contributed by atoms with E-state index in [1.165, 1.54) is 13.3 Å². The highest BCUT2D eigenvalue weighted by molar-refractivity contribution is 7.99. The number of anilines is 2. The summed E-state index contributed by atoms with van der Waals surface area (Å²) in [5, 5.41) is 12.9. The molecule has 0 unspecified atom stereocenters. The number of hydrogen-bond donors (Lipinski definition) is 2. The second-order valence-corrected chi connectivity index (χ2v) is 7.45. The van der Waals surface area contributed by atoms with E-state index in [0.29, 0.717) is 28.8 Å². The number of nitrogens with one attached hydrogen (secondary N) is 2. The maximum absolute atomic E-state index is 12.7. The van der Waals surface area contributed by atoms with E-state index in [9.17, 15) is 22.8 Å². The Morgan fingerprint density at radius 1 is 1.23 bits per heavy atom. The molecule has 0 bridgehead atoms. The number of rotatable bonds is 6. The summed E-state index contributed by atoms with van der Waals surface area (Å²) in [7, 11) is 0. The molecule has 2 N–H and O–H groups in total. The van der Waals surface area contributed by atoms with Crippen molar-refractivity contribution in [3.05, 3.63) is 53.4 Å². The number of carbonyl (C=O) groups excluding carboxylic acids is 2. The van der Waals surface area contributed by atoms with Crippen LogP contribution >= 0.6 is 23.4 Å². The van der Waals surface area contributed by atoms with E-state index in [2.05, 4.69) is 25.8 Å². The molecule has 1 aromatic carbocycles. The average molecular weight is 471 g/mol. The highest BCUT2D eigenvalue weighted by atomic mass is 35.5. The molecule has 0 aliphatic heterocycles. The van der Waals surface area contributed by atoms with Gasteiger partial charge in [-0.1, -0.05) is 29.4 Å². The number of amides is 2. The number of benzene rings is 1. The molecular weight excluding hydrogens is 457 g/mol. The van der Waals surface area contributed by atoms with Gasteiger partial charge in [0.1, 0.15) is 6.33 Å². The Labute approximate surface area is 183 Å². The summed E-state index contributed by atoms with van der Waals surface area (Å²) < 4.78 is 39.7. The molecule has 13 heteroatoms. The summed E-state index contributed by atoms with van der Waals surface area (Å²) in [6, 6.07) is 7.62. The standard InChI is InChI=1S/C18H14ClF3N6O2S/c1-10(29)25-12-3-2-4-13(6-12)28-9-24-27-17(28)31-8-15(30)26-16-14(19)5-11(7-23-16)18(20,21)22/h2-7,9H,8H2,1H3,(H,25,29)(H,23,26,30). The lowest BCUT2D eigenvalue weighted by molar-refractivity contribution is -0.137. The zero-order chi connectivity index (χ0) is 22.6. The summed E-state index contributed by atoms with van der Waals surface area (Å²) in [5.41, 5.74) is 0.224. The third-order valence-electron chi connectivity index (χ3n) is 3.72. The van der Waals surface area contributed by atoms with Crippen LogP contribution in [-0.2, 0) is 15.8 Å². The summed E-state index contributed by atoms with van der Waals surface area (Å²) in [5.74, 6) is -1.06. The Bertz CT molecular complexity index is 1120. The van der Waals surface area contributed by atoms with Crippen LogP contribution in [0, 0.1) is 0 Å². The first-order chi connectivity index (χ1) is 14.6. The molecule has 2 amide bonds. The minimum Gasteiger partial charge on any atom is -0.326 e. The predicted octanol–water partition coefficient (Wildman–Crippen LogP) is 4.02. The monoisotopic (exact) mass is 470 g/mol. The van der Waals surface area contributed by atoms with Gasteiger partial charge in [0.2, 0.25) is 11.8 Å². The third-order valence-corrected chi connectivity index (χ3v) is 4.95. The van der Waals surface area contributed by atoms with E-state index in [0.717, 1.165) is 11.8 Å². The van der Waals surface area contributed by atoms with Gasteiger partial charge in [0.25, 0.3) is 0 Å². The lowest BCUT2D eigenvalue weighted by Gasteiger charge is -2.10.